The molecule has 0 saturated heterocycles. The van der Waals surface area contributed by atoms with Gasteiger partial charge in [-0.05, 0) is 35.9 Å². The van der Waals surface area contributed by atoms with Crippen molar-refractivity contribution < 1.29 is 13.6 Å². The molecule has 0 bridgehead atoms. The van der Waals surface area contributed by atoms with E-state index in [1.54, 1.807) is 0 Å². The molecule has 0 aromatic heterocycles. The van der Waals surface area contributed by atoms with Gasteiger partial charge in [-0.25, -0.2) is 8.78 Å². The van der Waals surface area contributed by atoms with Crippen molar-refractivity contribution in [3.05, 3.63) is 69.2 Å². The maximum absolute atomic E-state index is 13.5. The lowest BCUT2D eigenvalue weighted by atomic mass is 10.0. The van der Waals surface area contributed by atoms with Crippen molar-refractivity contribution in [1.82, 2.24) is 0 Å². The summed E-state index contributed by atoms with van der Waals surface area (Å²) in [4.78, 5) is 11.9. The van der Waals surface area contributed by atoms with Crippen LogP contribution in [0.15, 0.2) is 36.4 Å². The summed E-state index contributed by atoms with van der Waals surface area (Å²) in [6.45, 7) is 0. The predicted molar refractivity (Wildman–Crippen MR) is 70.9 cm³/mol. The maximum atomic E-state index is 13.5. The zero-order valence-corrected chi connectivity index (χ0v) is 11.1. The summed E-state index contributed by atoms with van der Waals surface area (Å²) < 4.78 is 26.8. The third kappa shape index (κ3) is 3.31. The summed E-state index contributed by atoms with van der Waals surface area (Å²) in [5.74, 6) is -1.74. The van der Waals surface area contributed by atoms with E-state index in [-0.39, 0.29) is 22.0 Å². The van der Waals surface area contributed by atoms with Crippen LogP contribution in [0.25, 0.3) is 0 Å². The molecule has 2 aromatic carbocycles. The first-order valence-corrected chi connectivity index (χ1v) is 6.15. The molecule has 19 heavy (non-hydrogen) atoms. The van der Waals surface area contributed by atoms with Gasteiger partial charge in [0.15, 0.2) is 5.78 Å². The molecule has 0 aliphatic carbocycles. The van der Waals surface area contributed by atoms with Gasteiger partial charge in [0.2, 0.25) is 0 Å². The van der Waals surface area contributed by atoms with Gasteiger partial charge in [-0.3, -0.25) is 4.79 Å². The molecule has 0 saturated carbocycles. The molecule has 0 amide bonds. The van der Waals surface area contributed by atoms with Crippen LogP contribution in [0.5, 0.6) is 0 Å². The number of Topliss-reactive ketones (excluding diaryl/α,β-unsaturated/α-hetero) is 1. The third-order valence-electron chi connectivity index (χ3n) is 2.58. The fourth-order valence-corrected chi connectivity index (χ4v) is 1.92. The monoisotopic (exact) mass is 300 g/mol. The van der Waals surface area contributed by atoms with Gasteiger partial charge in [-0.15, -0.1) is 0 Å². The highest BCUT2D eigenvalue weighted by atomic mass is 35.5. The Morgan fingerprint density at radius 1 is 1.00 bits per heavy atom. The molecule has 98 valence electrons. The van der Waals surface area contributed by atoms with Gasteiger partial charge in [-0.2, -0.15) is 0 Å². The second-order valence-electron chi connectivity index (χ2n) is 3.97. The largest absolute Gasteiger partial charge is 0.294 e. The van der Waals surface area contributed by atoms with E-state index < -0.39 is 17.4 Å². The van der Waals surface area contributed by atoms with Crippen LogP contribution < -0.4 is 0 Å². The van der Waals surface area contributed by atoms with Crippen LogP contribution >= 0.6 is 23.2 Å². The van der Waals surface area contributed by atoms with Crippen molar-refractivity contribution in [3.8, 4) is 0 Å². The minimum absolute atomic E-state index is 0.0196. The van der Waals surface area contributed by atoms with Crippen molar-refractivity contribution in [2.45, 2.75) is 6.42 Å². The molecule has 2 aromatic rings. The van der Waals surface area contributed by atoms with E-state index >= 15 is 0 Å². The normalized spacial score (nSPS) is 10.5. The summed E-state index contributed by atoms with van der Waals surface area (Å²) in [7, 11) is 0. The van der Waals surface area contributed by atoms with Crippen LogP contribution in [0.2, 0.25) is 10.0 Å². The second kappa shape index (κ2) is 5.68. The third-order valence-corrected chi connectivity index (χ3v) is 3.12. The molecule has 0 spiro atoms. The lowest BCUT2D eigenvalue weighted by Crippen LogP contribution is -2.06. The van der Waals surface area contributed by atoms with Crippen LogP contribution in [0.4, 0.5) is 8.78 Å². The fourth-order valence-electron chi connectivity index (χ4n) is 1.65. The molecule has 0 aliphatic heterocycles. The van der Waals surface area contributed by atoms with Crippen LogP contribution in [0, 0.1) is 11.6 Å². The Kier molecular flexibility index (Phi) is 4.17. The summed E-state index contributed by atoms with van der Waals surface area (Å²) in [6, 6.07) is 7.85. The first-order chi connectivity index (χ1) is 8.97. The van der Waals surface area contributed by atoms with E-state index in [0.717, 1.165) is 12.1 Å². The molecule has 0 N–H and O–H groups in total. The molecule has 2 rings (SSSR count). The van der Waals surface area contributed by atoms with Gasteiger partial charge < -0.3 is 0 Å². The lowest BCUT2D eigenvalue weighted by molar-refractivity contribution is 0.0989. The molecule has 0 fully saturated rings. The van der Waals surface area contributed by atoms with Crippen LogP contribution in [0.1, 0.15) is 15.9 Å². The molecule has 1 nitrogen and oxygen atoms in total. The average Bonchev–Trinajstić information content (AvgIpc) is 2.33. The van der Waals surface area contributed by atoms with Gasteiger partial charge in [0.1, 0.15) is 11.6 Å². The van der Waals surface area contributed by atoms with Crippen molar-refractivity contribution in [2.75, 3.05) is 0 Å². The van der Waals surface area contributed by atoms with Gasteiger partial charge in [0.25, 0.3) is 0 Å². The lowest BCUT2D eigenvalue weighted by Gasteiger charge is -2.04. The van der Waals surface area contributed by atoms with Crippen molar-refractivity contribution in [2.24, 2.45) is 0 Å². The Balaban J connectivity index is 2.23. The van der Waals surface area contributed by atoms with E-state index in [2.05, 4.69) is 0 Å². The fraction of sp³-hybridized carbons (Fsp3) is 0.0714. The molecule has 0 atom stereocenters. The van der Waals surface area contributed by atoms with Crippen molar-refractivity contribution in [1.29, 1.82) is 0 Å². The number of carbonyl (C=O) groups is 1. The standard InChI is InChI=1S/C14H8Cl2F2O/c15-9-2-3-10(12(17)7-9)14(19)6-8-1-4-11(16)13(18)5-8/h1-5,7H,6H2. The van der Waals surface area contributed by atoms with Gasteiger partial charge in [0.05, 0.1) is 10.6 Å². The van der Waals surface area contributed by atoms with Crippen LogP contribution in [-0.4, -0.2) is 5.78 Å². The quantitative estimate of drug-likeness (QED) is 0.751. The van der Waals surface area contributed by atoms with E-state index in [1.807, 2.05) is 0 Å². The van der Waals surface area contributed by atoms with E-state index in [4.69, 9.17) is 23.2 Å². The molecule has 0 aliphatic rings. The molecule has 0 unspecified atom stereocenters. The summed E-state index contributed by atoms with van der Waals surface area (Å²) in [5.41, 5.74) is 0.362. The van der Waals surface area contributed by atoms with Crippen molar-refractivity contribution in [3.63, 3.8) is 0 Å². The predicted octanol–water partition coefficient (Wildman–Crippen LogP) is 4.70. The minimum Gasteiger partial charge on any atom is -0.294 e. The summed E-state index contributed by atoms with van der Waals surface area (Å²) in [6.07, 6.45) is -0.105. The maximum Gasteiger partial charge on any atom is 0.170 e. The van der Waals surface area contributed by atoms with Gasteiger partial charge in [0, 0.05) is 11.4 Å². The molecule has 0 heterocycles. The summed E-state index contributed by atoms with van der Waals surface area (Å²) in [5, 5.41) is 0.195. The number of hydrogen-bond acceptors (Lipinski definition) is 1. The Labute approximate surface area is 118 Å². The first kappa shape index (κ1) is 14.0. The number of carbonyl (C=O) groups excluding carboxylic acids is 1. The van der Waals surface area contributed by atoms with E-state index in [9.17, 15) is 13.6 Å². The summed E-state index contributed by atoms with van der Waals surface area (Å²) >= 11 is 11.1. The minimum atomic E-state index is -0.688. The number of halogens is 4. The van der Waals surface area contributed by atoms with E-state index in [0.29, 0.717) is 5.56 Å². The average molecular weight is 301 g/mol. The highest BCUT2D eigenvalue weighted by molar-refractivity contribution is 6.31. The highest BCUT2D eigenvalue weighted by Gasteiger charge is 2.13. The number of ketones is 1. The smallest absolute Gasteiger partial charge is 0.170 e. The number of hydrogen-bond donors (Lipinski definition) is 0. The highest BCUT2D eigenvalue weighted by Crippen LogP contribution is 2.19. The number of benzene rings is 2. The molecular weight excluding hydrogens is 293 g/mol. The molecule has 5 heteroatoms. The molecular formula is C14H8Cl2F2O. The van der Waals surface area contributed by atoms with Crippen LogP contribution in [0.3, 0.4) is 0 Å². The topological polar surface area (TPSA) is 17.1 Å². The van der Waals surface area contributed by atoms with Gasteiger partial charge in [-0.1, -0.05) is 29.3 Å². The Bertz CT molecular complexity index is 641. The zero-order chi connectivity index (χ0) is 14.0. The number of rotatable bonds is 3. The van der Waals surface area contributed by atoms with Crippen LogP contribution in [-0.2, 0) is 6.42 Å². The van der Waals surface area contributed by atoms with Crippen molar-refractivity contribution >= 4 is 29.0 Å². The Morgan fingerprint density at radius 2 is 1.74 bits per heavy atom. The Morgan fingerprint density at radius 3 is 2.37 bits per heavy atom. The Hall–Kier alpha value is -1.45. The zero-order valence-electron chi connectivity index (χ0n) is 9.59. The SMILES string of the molecule is O=C(Cc1ccc(Cl)c(F)c1)c1ccc(Cl)cc1F. The molecule has 0 radical (unpaired) electrons. The van der Waals surface area contributed by atoms with Gasteiger partial charge >= 0.3 is 0 Å². The first-order valence-electron chi connectivity index (χ1n) is 5.39. The van der Waals surface area contributed by atoms with E-state index in [1.165, 1.54) is 24.3 Å². The second-order valence-corrected chi connectivity index (χ2v) is 4.82.